The Balaban J connectivity index is 2.00. The van der Waals surface area contributed by atoms with E-state index in [-0.39, 0.29) is 11.9 Å². The number of anilines is 1. The number of ether oxygens (including phenoxy) is 1. The maximum absolute atomic E-state index is 11.8. The number of hydrogen-bond acceptors (Lipinski definition) is 4. The number of rotatable bonds is 4. The van der Waals surface area contributed by atoms with Crippen LogP contribution >= 0.6 is 11.6 Å². The van der Waals surface area contributed by atoms with Crippen LogP contribution in [0, 0.1) is 6.92 Å². The van der Waals surface area contributed by atoms with Crippen LogP contribution in [0.15, 0.2) is 24.5 Å². The van der Waals surface area contributed by atoms with Gasteiger partial charge in [0.15, 0.2) is 6.10 Å². The number of carbonyl (C=O) groups is 1. The van der Waals surface area contributed by atoms with Crippen LogP contribution in [-0.2, 0) is 4.79 Å². The van der Waals surface area contributed by atoms with Crippen molar-refractivity contribution in [3.8, 4) is 5.75 Å². The lowest BCUT2D eigenvalue weighted by molar-refractivity contribution is -0.122. The monoisotopic (exact) mass is 280 g/mol. The SMILES string of the molecule is Cc1cc(Cl)ccc1OC(C)C(=O)Nc1ncn[nH]1. The Hall–Kier alpha value is -2.08. The van der Waals surface area contributed by atoms with Crippen LogP contribution < -0.4 is 10.1 Å². The summed E-state index contributed by atoms with van der Waals surface area (Å²) in [5.74, 6) is 0.587. The Morgan fingerprint density at radius 3 is 2.95 bits per heavy atom. The third kappa shape index (κ3) is 3.45. The number of aromatic nitrogens is 3. The summed E-state index contributed by atoms with van der Waals surface area (Å²) in [5, 5.41) is 9.36. The normalized spacial score (nSPS) is 11.9. The van der Waals surface area contributed by atoms with E-state index in [4.69, 9.17) is 16.3 Å². The Kier molecular flexibility index (Phi) is 4.01. The number of aryl methyl sites for hydroxylation is 1. The standard InChI is InChI=1S/C12H13ClN4O2/c1-7-5-9(13)3-4-10(7)19-8(2)11(18)16-12-14-6-15-17-12/h3-6,8H,1-2H3,(H2,14,15,16,17,18). The number of nitrogens with zero attached hydrogens (tertiary/aromatic N) is 2. The van der Waals surface area contributed by atoms with Crippen molar-refractivity contribution in [2.75, 3.05) is 5.32 Å². The van der Waals surface area contributed by atoms with Gasteiger partial charge in [-0.2, -0.15) is 10.1 Å². The van der Waals surface area contributed by atoms with Crippen LogP contribution in [0.3, 0.4) is 0 Å². The van der Waals surface area contributed by atoms with Gasteiger partial charge in [0.05, 0.1) is 0 Å². The Morgan fingerprint density at radius 2 is 2.32 bits per heavy atom. The van der Waals surface area contributed by atoms with Crippen LogP contribution in [0.25, 0.3) is 0 Å². The van der Waals surface area contributed by atoms with Gasteiger partial charge in [0.25, 0.3) is 5.91 Å². The second-order valence-electron chi connectivity index (χ2n) is 3.99. The third-order valence-corrected chi connectivity index (χ3v) is 2.70. The van der Waals surface area contributed by atoms with E-state index in [9.17, 15) is 4.79 Å². The molecule has 1 amide bonds. The molecule has 1 heterocycles. The highest BCUT2D eigenvalue weighted by molar-refractivity contribution is 6.30. The molecule has 0 bridgehead atoms. The molecule has 2 aromatic rings. The number of H-pyrrole nitrogens is 1. The van der Waals surface area contributed by atoms with Crippen LogP contribution in [0.5, 0.6) is 5.75 Å². The molecule has 0 radical (unpaired) electrons. The number of amides is 1. The van der Waals surface area contributed by atoms with Crippen LogP contribution in [0.4, 0.5) is 5.95 Å². The van der Waals surface area contributed by atoms with Crippen molar-refractivity contribution in [1.82, 2.24) is 15.2 Å². The molecular weight excluding hydrogens is 268 g/mol. The molecule has 0 aliphatic rings. The van der Waals surface area contributed by atoms with Gasteiger partial charge in [0, 0.05) is 5.02 Å². The minimum atomic E-state index is -0.662. The first-order valence-electron chi connectivity index (χ1n) is 5.65. The lowest BCUT2D eigenvalue weighted by atomic mass is 10.2. The van der Waals surface area contributed by atoms with Crippen molar-refractivity contribution in [1.29, 1.82) is 0 Å². The van der Waals surface area contributed by atoms with Gasteiger partial charge in [-0.05, 0) is 37.6 Å². The van der Waals surface area contributed by atoms with E-state index in [1.54, 1.807) is 25.1 Å². The van der Waals surface area contributed by atoms with Crippen molar-refractivity contribution in [2.45, 2.75) is 20.0 Å². The van der Waals surface area contributed by atoms with Gasteiger partial charge in [-0.15, -0.1) is 0 Å². The number of halogens is 1. The van der Waals surface area contributed by atoms with Gasteiger partial charge in [-0.1, -0.05) is 11.6 Å². The fourth-order valence-corrected chi connectivity index (χ4v) is 1.70. The molecule has 6 nitrogen and oxygen atoms in total. The van der Waals surface area contributed by atoms with Crippen molar-refractivity contribution < 1.29 is 9.53 Å². The second kappa shape index (κ2) is 5.71. The first kappa shape index (κ1) is 13.4. The highest BCUT2D eigenvalue weighted by Crippen LogP contribution is 2.22. The van der Waals surface area contributed by atoms with Crippen molar-refractivity contribution in [3.05, 3.63) is 35.1 Å². The van der Waals surface area contributed by atoms with Crippen molar-refractivity contribution in [3.63, 3.8) is 0 Å². The number of nitrogens with one attached hydrogen (secondary N) is 2. The number of aromatic amines is 1. The molecule has 2 rings (SSSR count). The van der Waals surface area contributed by atoms with Gasteiger partial charge < -0.3 is 4.74 Å². The van der Waals surface area contributed by atoms with Crippen molar-refractivity contribution in [2.24, 2.45) is 0 Å². The summed E-state index contributed by atoms with van der Waals surface area (Å²) in [4.78, 5) is 15.6. The summed E-state index contributed by atoms with van der Waals surface area (Å²) >= 11 is 5.86. The predicted molar refractivity (Wildman–Crippen MR) is 71.3 cm³/mol. The lowest BCUT2D eigenvalue weighted by Gasteiger charge is -2.15. The molecule has 0 spiro atoms. The molecule has 1 atom stereocenters. The molecule has 19 heavy (non-hydrogen) atoms. The summed E-state index contributed by atoms with van der Waals surface area (Å²) < 4.78 is 5.58. The first-order chi connectivity index (χ1) is 9.06. The maximum Gasteiger partial charge on any atom is 0.267 e. The van der Waals surface area contributed by atoms with Gasteiger partial charge in [-0.3, -0.25) is 10.1 Å². The Bertz CT molecular complexity index is 571. The number of benzene rings is 1. The topological polar surface area (TPSA) is 79.9 Å². The minimum absolute atomic E-state index is 0.285. The average Bonchev–Trinajstić information content (AvgIpc) is 2.85. The molecule has 0 saturated carbocycles. The maximum atomic E-state index is 11.8. The van der Waals surface area contributed by atoms with E-state index in [0.29, 0.717) is 10.8 Å². The minimum Gasteiger partial charge on any atom is -0.481 e. The smallest absolute Gasteiger partial charge is 0.267 e. The van der Waals surface area contributed by atoms with E-state index < -0.39 is 6.10 Å². The molecule has 0 fully saturated rings. The zero-order valence-electron chi connectivity index (χ0n) is 10.5. The van der Waals surface area contributed by atoms with E-state index in [0.717, 1.165) is 5.56 Å². The van der Waals surface area contributed by atoms with E-state index in [1.165, 1.54) is 6.33 Å². The summed E-state index contributed by atoms with van der Waals surface area (Å²) in [7, 11) is 0. The van der Waals surface area contributed by atoms with Crippen LogP contribution in [-0.4, -0.2) is 27.2 Å². The molecule has 1 aromatic heterocycles. The van der Waals surface area contributed by atoms with Crippen LogP contribution in [0.2, 0.25) is 5.02 Å². The summed E-state index contributed by atoms with van der Waals surface area (Å²) in [6, 6.07) is 5.22. The summed E-state index contributed by atoms with van der Waals surface area (Å²) in [5.41, 5.74) is 0.867. The van der Waals surface area contributed by atoms with E-state index in [1.807, 2.05) is 6.92 Å². The zero-order valence-corrected chi connectivity index (χ0v) is 11.2. The fraction of sp³-hybridized carbons (Fsp3) is 0.250. The van der Waals surface area contributed by atoms with E-state index in [2.05, 4.69) is 20.5 Å². The summed E-state index contributed by atoms with van der Waals surface area (Å²) in [6.07, 6.45) is 0.648. The largest absolute Gasteiger partial charge is 0.481 e. The van der Waals surface area contributed by atoms with Gasteiger partial charge in [0.2, 0.25) is 5.95 Å². The molecular formula is C12H13ClN4O2. The highest BCUT2D eigenvalue weighted by Gasteiger charge is 2.16. The Morgan fingerprint density at radius 1 is 1.53 bits per heavy atom. The summed E-state index contributed by atoms with van der Waals surface area (Å²) in [6.45, 7) is 3.52. The molecule has 0 aliphatic heterocycles. The predicted octanol–water partition coefficient (Wildman–Crippen LogP) is 2.17. The quantitative estimate of drug-likeness (QED) is 0.899. The lowest BCUT2D eigenvalue weighted by Crippen LogP contribution is -2.30. The average molecular weight is 281 g/mol. The van der Waals surface area contributed by atoms with E-state index >= 15 is 0 Å². The molecule has 1 unspecified atom stereocenters. The van der Waals surface area contributed by atoms with Gasteiger partial charge in [0.1, 0.15) is 12.1 Å². The van der Waals surface area contributed by atoms with Crippen LogP contribution in [0.1, 0.15) is 12.5 Å². The zero-order chi connectivity index (χ0) is 13.8. The molecule has 7 heteroatoms. The second-order valence-corrected chi connectivity index (χ2v) is 4.43. The van der Waals surface area contributed by atoms with Gasteiger partial charge in [-0.25, -0.2) is 5.10 Å². The fourth-order valence-electron chi connectivity index (χ4n) is 1.47. The number of hydrogen-bond donors (Lipinski definition) is 2. The molecule has 0 aliphatic carbocycles. The van der Waals surface area contributed by atoms with Crippen molar-refractivity contribution >= 4 is 23.5 Å². The molecule has 100 valence electrons. The molecule has 2 N–H and O–H groups in total. The molecule has 0 saturated heterocycles. The van der Waals surface area contributed by atoms with Gasteiger partial charge >= 0.3 is 0 Å². The molecule has 1 aromatic carbocycles. The third-order valence-electron chi connectivity index (χ3n) is 2.47. The Labute approximate surface area is 115 Å². The first-order valence-corrected chi connectivity index (χ1v) is 6.03. The number of carbonyl (C=O) groups excluding carboxylic acids is 1. The highest BCUT2D eigenvalue weighted by atomic mass is 35.5.